The Morgan fingerprint density at radius 2 is 1.92 bits per heavy atom. The second kappa shape index (κ2) is 13.7. The number of halogens is 2. The minimum atomic E-state index is -4.25. The first-order chi connectivity index (χ1) is 17.3. The molecule has 2 rings (SSSR count). The van der Waals surface area contributed by atoms with Crippen LogP contribution in [-0.2, 0) is 19.5 Å². The van der Waals surface area contributed by atoms with Gasteiger partial charge in [-0.2, -0.15) is 0 Å². The van der Waals surface area contributed by atoms with Crippen LogP contribution >= 0.6 is 35.0 Å². The molecule has 1 aromatic carbocycles. The molecule has 206 valence electrons. The van der Waals surface area contributed by atoms with Gasteiger partial charge in [-0.15, -0.1) is 11.8 Å². The Kier molecular flexibility index (Phi) is 11.6. The van der Waals surface area contributed by atoms with Crippen molar-refractivity contribution in [2.75, 3.05) is 37.1 Å². The van der Waals surface area contributed by atoms with E-state index >= 15 is 0 Å². The van der Waals surface area contributed by atoms with E-state index < -0.39 is 21.7 Å². The van der Waals surface area contributed by atoms with Gasteiger partial charge >= 0.3 is 6.09 Å². The second-order valence-corrected chi connectivity index (χ2v) is 12.4. The number of nitrogens with one attached hydrogen (secondary N) is 1. The highest BCUT2D eigenvalue weighted by atomic mass is 35.5. The van der Waals surface area contributed by atoms with E-state index in [1.54, 1.807) is 27.7 Å². The number of hydrogen-bond acceptors (Lipinski definition) is 9. The normalized spacial score (nSPS) is 11.8. The van der Waals surface area contributed by atoms with E-state index in [0.717, 1.165) is 4.31 Å². The number of methoxy groups -OCH3 is 1. The molecule has 0 bridgehead atoms. The molecule has 37 heavy (non-hydrogen) atoms. The molecule has 0 saturated heterocycles. The highest BCUT2D eigenvalue weighted by Crippen LogP contribution is 2.36. The van der Waals surface area contributed by atoms with Crippen LogP contribution in [0.1, 0.15) is 39.8 Å². The lowest BCUT2D eigenvalue weighted by Crippen LogP contribution is -2.35. The number of aryl methyl sites for hydroxylation is 1. The summed E-state index contributed by atoms with van der Waals surface area (Å²) in [6.07, 6.45) is 0.164. The summed E-state index contributed by atoms with van der Waals surface area (Å²) in [5, 5.41) is 3.17. The molecule has 10 nitrogen and oxygen atoms in total. The predicted octanol–water partition coefficient (Wildman–Crippen LogP) is 5.30. The molecule has 0 aliphatic carbocycles. The van der Waals surface area contributed by atoms with Crippen molar-refractivity contribution in [1.82, 2.24) is 15.3 Å². The molecule has 1 N–H and O–H groups in total. The lowest BCUT2D eigenvalue weighted by molar-refractivity contribution is 0.0531. The van der Waals surface area contributed by atoms with Crippen LogP contribution in [0.4, 0.5) is 10.6 Å². The van der Waals surface area contributed by atoms with Crippen LogP contribution in [0.15, 0.2) is 28.1 Å². The first-order valence-electron chi connectivity index (χ1n) is 11.4. The van der Waals surface area contributed by atoms with Crippen LogP contribution < -0.4 is 14.4 Å². The van der Waals surface area contributed by atoms with E-state index in [2.05, 4.69) is 15.3 Å². The Bertz CT molecular complexity index is 1190. The first-order valence-corrected chi connectivity index (χ1v) is 14.6. The third-order valence-corrected chi connectivity index (χ3v) is 8.21. The number of alkyl carbamates (subject to hydrolysis) is 1. The number of ether oxygens (including phenoxy) is 3. The average molecular weight is 596 g/mol. The number of hydrogen-bond donors (Lipinski definition) is 1. The van der Waals surface area contributed by atoms with Gasteiger partial charge in [0.2, 0.25) is 5.82 Å². The van der Waals surface area contributed by atoms with Crippen molar-refractivity contribution in [3.63, 3.8) is 0 Å². The molecular weight excluding hydrogens is 563 g/mol. The fourth-order valence-electron chi connectivity index (χ4n) is 2.87. The fraction of sp³-hybridized carbons (Fsp3) is 0.522. The molecule has 14 heteroatoms. The highest BCUT2D eigenvalue weighted by molar-refractivity contribution is 7.99. The molecule has 0 aliphatic heterocycles. The fourth-order valence-corrected chi connectivity index (χ4v) is 5.70. The summed E-state index contributed by atoms with van der Waals surface area (Å²) < 4.78 is 44.5. The van der Waals surface area contributed by atoms with Gasteiger partial charge in [-0.25, -0.2) is 27.5 Å². The number of amides is 1. The molecular formula is C23H32Cl2N4O6S2. The molecule has 0 spiro atoms. The number of sulfonamides is 1. The lowest BCUT2D eigenvalue weighted by atomic mass is 10.2. The van der Waals surface area contributed by atoms with Crippen LogP contribution in [0, 0.1) is 6.92 Å². The van der Waals surface area contributed by atoms with Gasteiger partial charge < -0.3 is 19.5 Å². The van der Waals surface area contributed by atoms with Gasteiger partial charge in [0, 0.05) is 18.9 Å². The van der Waals surface area contributed by atoms with Gasteiger partial charge in [0.05, 0.1) is 22.8 Å². The Labute approximate surface area is 232 Å². The zero-order valence-corrected chi connectivity index (χ0v) is 24.8. The maximum Gasteiger partial charge on any atom is 0.407 e. The smallest absolute Gasteiger partial charge is 0.407 e. The van der Waals surface area contributed by atoms with Crippen LogP contribution in [0.5, 0.6) is 5.88 Å². The Morgan fingerprint density at radius 1 is 1.22 bits per heavy atom. The van der Waals surface area contributed by atoms with Crippen LogP contribution in [0.3, 0.4) is 0 Å². The SMILES string of the molecule is CCCOCN(c1nc(C)c(SCCNC(=O)OC(C)(C)C)nc1OC)S(=O)(=O)c1cccc(Cl)c1Cl. The third-order valence-electron chi connectivity index (χ3n) is 4.46. The summed E-state index contributed by atoms with van der Waals surface area (Å²) in [7, 11) is -2.89. The number of carbonyl (C=O) groups excluding carboxylic acids is 1. The predicted molar refractivity (Wildman–Crippen MR) is 146 cm³/mol. The zero-order valence-electron chi connectivity index (χ0n) is 21.6. The lowest BCUT2D eigenvalue weighted by Gasteiger charge is -2.25. The topological polar surface area (TPSA) is 120 Å². The Balaban J connectivity index is 2.34. The van der Waals surface area contributed by atoms with Gasteiger partial charge in [0.25, 0.3) is 15.9 Å². The second-order valence-electron chi connectivity index (χ2n) is 8.67. The molecule has 1 amide bonds. The number of benzene rings is 1. The standard InChI is InChI=1S/C23H32Cl2N4O6S2/c1-7-12-34-14-29(37(31,32)17-10-8-9-16(24)18(17)25)19-20(33-6)28-21(15(2)27-19)36-13-11-26-22(30)35-23(3,4)5/h8-10H,7,11-14H2,1-6H3,(H,26,30). The van der Waals surface area contributed by atoms with Crippen molar-refractivity contribution in [1.29, 1.82) is 0 Å². The van der Waals surface area contributed by atoms with Gasteiger partial charge in [-0.05, 0) is 46.2 Å². The summed E-state index contributed by atoms with van der Waals surface area (Å²) in [5.74, 6) is 0.398. The molecule has 2 aromatic rings. The first kappa shape index (κ1) is 31.2. The van der Waals surface area contributed by atoms with Crippen molar-refractivity contribution < 1.29 is 27.4 Å². The summed E-state index contributed by atoms with van der Waals surface area (Å²) in [6.45, 7) is 9.26. The third kappa shape index (κ3) is 8.78. The molecule has 0 aliphatic rings. The largest absolute Gasteiger partial charge is 0.478 e. The molecule has 0 atom stereocenters. The van der Waals surface area contributed by atoms with E-state index in [4.69, 9.17) is 37.4 Å². The number of nitrogens with zero attached hydrogens (tertiary/aromatic N) is 3. The van der Waals surface area contributed by atoms with Crippen LogP contribution in [0.25, 0.3) is 0 Å². The van der Waals surface area contributed by atoms with Crippen molar-refractivity contribution in [2.24, 2.45) is 0 Å². The van der Waals surface area contributed by atoms with Crippen molar-refractivity contribution in [2.45, 2.75) is 56.6 Å². The van der Waals surface area contributed by atoms with E-state index in [0.29, 0.717) is 36.0 Å². The number of thioether (sulfide) groups is 1. The van der Waals surface area contributed by atoms with Gasteiger partial charge in [0.1, 0.15) is 22.3 Å². The van der Waals surface area contributed by atoms with Gasteiger partial charge in [-0.3, -0.25) is 0 Å². The van der Waals surface area contributed by atoms with Crippen molar-refractivity contribution >= 4 is 56.9 Å². The van der Waals surface area contributed by atoms with Gasteiger partial charge in [-0.1, -0.05) is 36.2 Å². The molecule has 0 fully saturated rings. The molecule has 1 aromatic heterocycles. The Hall–Kier alpha value is -1.99. The van der Waals surface area contributed by atoms with Crippen molar-refractivity contribution in [3.8, 4) is 5.88 Å². The summed E-state index contributed by atoms with van der Waals surface area (Å²) >= 11 is 13.6. The maximum atomic E-state index is 13.7. The molecule has 1 heterocycles. The number of rotatable bonds is 12. The number of aromatic nitrogens is 2. The average Bonchev–Trinajstić information content (AvgIpc) is 2.80. The zero-order chi connectivity index (χ0) is 27.8. The monoisotopic (exact) mass is 594 g/mol. The van der Waals surface area contributed by atoms with Crippen LogP contribution in [-0.4, -0.2) is 62.8 Å². The van der Waals surface area contributed by atoms with Crippen LogP contribution in [0.2, 0.25) is 10.0 Å². The molecule has 0 saturated carbocycles. The minimum absolute atomic E-state index is 0.0185. The van der Waals surface area contributed by atoms with E-state index in [1.165, 1.54) is 37.1 Å². The molecule has 0 radical (unpaired) electrons. The van der Waals surface area contributed by atoms with Gasteiger partial charge in [0.15, 0.2) is 0 Å². The van der Waals surface area contributed by atoms with Crippen molar-refractivity contribution in [3.05, 3.63) is 33.9 Å². The number of anilines is 1. The summed E-state index contributed by atoms with van der Waals surface area (Å²) in [6, 6.07) is 4.34. The van der Waals surface area contributed by atoms with E-state index in [-0.39, 0.29) is 33.4 Å². The maximum absolute atomic E-state index is 13.7. The highest BCUT2D eigenvalue weighted by Gasteiger charge is 2.32. The van der Waals surface area contributed by atoms with E-state index in [1.807, 2.05) is 6.92 Å². The summed E-state index contributed by atoms with van der Waals surface area (Å²) in [4.78, 5) is 20.6. The molecule has 0 unspecified atom stereocenters. The minimum Gasteiger partial charge on any atom is -0.478 e. The number of carbonyl (C=O) groups is 1. The summed E-state index contributed by atoms with van der Waals surface area (Å²) in [5.41, 5.74) is -0.129. The quantitative estimate of drug-likeness (QED) is 0.198. The van der Waals surface area contributed by atoms with E-state index in [9.17, 15) is 13.2 Å². The Morgan fingerprint density at radius 3 is 2.54 bits per heavy atom.